The Hall–Kier alpha value is -1.69. The minimum atomic E-state index is -0.0995. The van der Waals surface area contributed by atoms with Gasteiger partial charge in [-0.15, -0.1) is 11.3 Å². The lowest BCUT2D eigenvalue weighted by Gasteiger charge is -2.56. The third kappa shape index (κ3) is 2.53. The molecule has 1 amide bonds. The molecule has 26 heavy (non-hydrogen) atoms. The van der Waals surface area contributed by atoms with E-state index in [2.05, 4.69) is 10.3 Å². The monoisotopic (exact) mass is 371 g/mol. The van der Waals surface area contributed by atoms with Crippen molar-refractivity contribution in [3.05, 3.63) is 27.1 Å². The van der Waals surface area contributed by atoms with Crippen LogP contribution in [0, 0.1) is 31.6 Å². The molecule has 4 saturated carbocycles. The Balaban J connectivity index is 1.38. The van der Waals surface area contributed by atoms with E-state index in [0.29, 0.717) is 5.39 Å². The lowest BCUT2D eigenvalue weighted by molar-refractivity contribution is -0.127. The number of hydrogen-bond donors (Lipinski definition) is 1. The molecule has 0 aliphatic heterocycles. The van der Waals surface area contributed by atoms with Crippen molar-refractivity contribution in [2.24, 2.45) is 17.8 Å². The van der Waals surface area contributed by atoms with E-state index in [4.69, 9.17) is 0 Å². The zero-order valence-corrected chi connectivity index (χ0v) is 16.2. The molecule has 1 N–H and O–H groups in total. The first-order chi connectivity index (χ1) is 12.4. The number of thiophene rings is 1. The highest BCUT2D eigenvalue weighted by Gasteiger charge is 2.51. The molecule has 0 radical (unpaired) electrons. The molecule has 5 nitrogen and oxygen atoms in total. The molecule has 2 aromatic rings. The smallest absolute Gasteiger partial charge is 0.262 e. The molecule has 6 rings (SSSR count). The van der Waals surface area contributed by atoms with E-state index >= 15 is 0 Å². The third-order valence-electron chi connectivity index (χ3n) is 6.91. The highest BCUT2D eigenvalue weighted by Crippen LogP contribution is 2.55. The summed E-state index contributed by atoms with van der Waals surface area (Å²) in [5.74, 6) is 2.33. The van der Waals surface area contributed by atoms with Crippen LogP contribution in [0.3, 0.4) is 0 Å². The molecule has 2 aromatic heterocycles. The van der Waals surface area contributed by atoms with Gasteiger partial charge < -0.3 is 5.32 Å². The molecule has 0 aromatic carbocycles. The van der Waals surface area contributed by atoms with Crippen molar-refractivity contribution >= 4 is 27.5 Å². The zero-order valence-electron chi connectivity index (χ0n) is 15.4. The lowest BCUT2D eigenvalue weighted by Crippen LogP contribution is -2.60. The summed E-state index contributed by atoms with van der Waals surface area (Å²) in [5, 5.41) is 4.01. The number of nitrogens with one attached hydrogen (secondary N) is 1. The van der Waals surface area contributed by atoms with Gasteiger partial charge in [-0.25, -0.2) is 4.98 Å². The van der Waals surface area contributed by atoms with Gasteiger partial charge in [-0.05, 0) is 75.7 Å². The van der Waals surface area contributed by atoms with Crippen LogP contribution in [-0.2, 0) is 11.3 Å². The van der Waals surface area contributed by atoms with Crippen LogP contribution in [0.15, 0.2) is 11.1 Å². The van der Waals surface area contributed by atoms with E-state index in [1.54, 1.807) is 0 Å². The van der Waals surface area contributed by atoms with Crippen molar-refractivity contribution in [3.63, 3.8) is 0 Å². The van der Waals surface area contributed by atoms with E-state index in [0.717, 1.165) is 52.3 Å². The summed E-state index contributed by atoms with van der Waals surface area (Å²) in [6.45, 7) is 4.03. The van der Waals surface area contributed by atoms with E-state index < -0.39 is 0 Å². The maximum atomic E-state index is 12.8. The number of aromatic nitrogens is 2. The molecular weight excluding hydrogens is 346 g/mol. The van der Waals surface area contributed by atoms with Gasteiger partial charge in [0.25, 0.3) is 5.56 Å². The number of rotatable bonds is 3. The first-order valence-electron chi connectivity index (χ1n) is 9.68. The molecular formula is C20H25N3O2S. The topological polar surface area (TPSA) is 64.0 Å². The highest BCUT2D eigenvalue weighted by atomic mass is 32.1. The molecule has 0 unspecified atom stereocenters. The fourth-order valence-electron chi connectivity index (χ4n) is 6.14. The molecule has 0 saturated heterocycles. The number of carbonyl (C=O) groups is 1. The van der Waals surface area contributed by atoms with E-state index in [1.165, 1.54) is 41.5 Å². The first kappa shape index (κ1) is 16.5. The summed E-state index contributed by atoms with van der Waals surface area (Å²) < 4.78 is 1.47. The minimum absolute atomic E-state index is 0.0120. The van der Waals surface area contributed by atoms with Crippen LogP contribution in [0.25, 0.3) is 10.2 Å². The van der Waals surface area contributed by atoms with Crippen LogP contribution in [0.2, 0.25) is 0 Å². The first-order valence-corrected chi connectivity index (χ1v) is 10.5. The van der Waals surface area contributed by atoms with Crippen LogP contribution in [0.4, 0.5) is 0 Å². The summed E-state index contributed by atoms with van der Waals surface area (Å²) in [7, 11) is 0. The Morgan fingerprint density at radius 3 is 2.46 bits per heavy atom. The number of amides is 1. The van der Waals surface area contributed by atoms with Gasteiger partial charge >= 0.3 is 0 Å². The average molecular weight is 372 g/mol. The Bertz CT molecular complexity index is 923. The Kier molecular flexibility index (Phi) is 3.58. The van der Waals surface area contributed by atoms with Crippen LogP contribution in [-0.4, -0.2) is 21.0 Å². The normalized spacial score (nSPS) is 32.3. The summed E-state index contributed by atoms with van der Waals surface area (Å²) >= 11 is 1.54. The zero-order chi connectivity index (χ0) is 18.1. The average Bonchev–Trinajstić information content (AvgIpc) is 2.83. The molecule has 4 aliphatic rings. The van der Waals surface area contributed by atoms with Gasteiger partial charge in [-0.1, -0.05) is 0 Å². The summed E-state index contributed by atoms with van der Waals surface area (Å²) in [6, 6.07) is 0. The third-order valence-corrected chi connectivity index (χ3v) is 8.03. The predicted molar refractivity (Wildman–Crippen MR) is 102 cm³/mol. The fourth-order valence-corrected chi connectivity index (χ4v) is 7.12. The molecule has 4 bridgehead atoms. The second-order valence-corrected chi connectivity index (χ2v) is 10.1. The molecule has 138 valence electrons. The van der Waals surface area contributed by atoms with Crippen molar-refractivity contribution in [2.75, 3.05) is 0 Å². The number of aryl methyl sites for hydroxylation is 2. The van der Waals surface area contributed by atoms with Crippen LogP contribution < -0.4 is 10.9 Å². The molecule has 6 heteroatoms. The fraction of sp³-hybridized carbons (Fsp3) is 0.650. The van der Waals surface area contributed by atoms with Gasteiger partial charge in [-0.2, -0.15) is 0 Å². The van der Waals surface area contributed by atoms with Crippen molar-refractivity contribution in [3.8, 4) is 0 Å². The van der Waals surface area contributed by atoms with E-state index in [9.17, 15) is 9.59 Å². The largest absolute Gasteiger partial charge is 0.349 e. The number of hydrogen-bond acceptors (Lipinski definition) is 4. The van der Waals surface area contributed by atoms with Crippen molar-refractivity contribution in [1.29, 1.82) is 0 Å². The molecule has 4 fully saturated rings. The summed E-state index contributed by atoms with van der Waals surface area (Å²) in [6.07, 6.45) is 8.96. The maximum absolute atomic E-state index is 12.8. The van der Waals surface area contributed by atoms with Gasteiger partial charge in [0.05, 0.1) is 11.7 Å². The predicted octanol–water partition coefficient (Wildman–Crippen LogP) is 3.16. The van der Waals surface area contributed by atoms with E-state index in [-0.39, 0.29) is 23.6 Å². The lowest BCUT2D eigenvalue weighted by atomic mass is 9.53. The Morgan fingerprint density at radius 2 is 1.85 bits per heavy atom. The van der Waals surface area contributed by atoms with Gasteiger partial charge in [-0.3, -0.25) is 14.2 Å². The highest BCUT2D eigenvalue weighted by molar-refractivity contribution is 7.18. The SMILES string of the molecule is Cc1sc2ncn(CC(=O)NC34CC5CC(CC(C5)C3)C4)c(=O)c2c1C. The number of carbonyl (C=O) groups excluding carboxylic acids is 1. The Morgan fingerprint density at radius 1 is 1.23 bits per heavy atom. The van der Waals surface area contributed by atoms with Gasteiger partial charge in [0.1, 0.15) is 11.4 Å². The standard InChI is InChI=1S/C20H25N3O2S/c1-11-12(2)26-18-17(11)19(25)23(10-21-18)9-16(24)22-20-6-13-3-14(7-20)5-15(4-13)8-20/h10,13-15H,3-9H2,1-2H3,(H,22,24). The van der Waals surface area contributed by atoms with Crippen LogP contribution in [0.5, 0.6) is 0 Å². The number of fused-ring (bicyclic) bond motifs is 1. The van der Waals surface area contributed by atoms with Gasteiger partial charge in [0.2, 0.25) is 5.91 Å². The van der Waals surface area contributed by atoms with Crippen LogP contribution in [0.1, 0.15) is 49.0 Å². The van der Waals surface area contributed by atoms with Gasteiger partial charge in [0.15, 0.2) is 0 Å². The maximum Gasteiger partial charge on any atom is 0.262 e. The molecule has 4 aliphatic carbocycles. The van der Waals surface area contributed by atoms with Crippen molar-refractivity contribution < 1.29 is 4.79 Å². The summed E-state index contributed by atoms with van der Waals surface area (Å²) in [4.78, 5) is 31.9. The van der Waals surface area contributed by atoms with Crippen molar-refractivity contribution in [1.82, 2.24) is 14.9 Å². The summed E-state index contributed by atoms with van der Waals surface area (Å²) in [5.41, 5.74) is 0.873. The number of nitrogens with zero attached hydrogens (tertiary/aromatic N) is 2. The minimum Gasteiger partial charge on any atom is -0.349 e. The van der Waals surface area contributed by atoms with E-state index in [1.807, 2.05) is 13.8 Å². The Labute approximate surface area is 156 Å². The molecule has 0 spiro atoms. The van der Waals surface area contributed by atoms with Crippen LogP contribution >= 0.6 is 11.3 Å². The van der Waals surface area contributed by atoms with Crippen molar-refractivity contribution in [2.45, 2.75) is 64.5 Å². The second-order valence-electron chi connectivity index (χ2n) is 8.89. The quantitative estimate of drug-likeness (QED) is 0.901. The molecule has 0 atom stereocenters. The second kappa shape index (κ2) is 5.65. The molecule has 2 heterocycles. The van der Waals surface area contributed by atoms with Gasteiger partial charge in [0, 0.05) is 10.4 Å².